The summed E-state index contributed by atoms with van der Waals surface area (Å²) in [6.45, 7) is 0.777. The first-order valence-corrected chi connectivity index (χ1v) is 12.1. The summed E-state index contributed by atoms with van der Waals surface area (Å²) in [6.07, 6.45) is 3.07. The van der Waals surface area contributed by atoms with Crippen LogP contribution in [0.2, 0.25) is 5.02 Å². The van der Waals surface area contributed by atoms with Crippen LogP contribution in [0.5, 0.6) is 0 Å². The van der Waals surface area contributed by atoms with E-state index in [2.05, 4.69) is 10.3 Å². The van der Waals surface area contributed by atoms with E-state index in [9.17, 15) is 22.0 Å². The lowest BCUT2D eigenvalue weighted by molar-refractivity contribution is 0.399. The van der Waals surface area contributed by atoms with Crippen LogP contribution in [0.4, 0.5) is 33.3 Å². The zero-order chi connectivity index (χ0) is 24.9. The highest BCUT2D eigenvalue weighted by Gasteiger charge is 2.32. The molecule has 0 unspecified atom stereocenters. The summed E-state index contributed by atoms with van der Waals surface area (Å²) >= 11 is 7.30. The monoisotopic (exact) mass is 521 g/mol. The Morgan fingerprint density at radius 1 is 0.943 bits per heavy atom. The van der Waals surface area contributed by atoms with Crippen LogP contribution in [0.15, 0.2) is 53.6 Å². The van der Waals surface area contributed by atoms with Crippen molar-refractivity contribution in [3.63, 3.8) is 0 Å². The van der Waals surface area contributed by atoms with Crippen LogP contribution >= 0.6 is 23.4 Å². The van der Waals surface area contributed by atoms with Crippen LogP contribution in [0.3, 0.4) is 0 Å². The van der Waals surface area contributed by atoms with E-state index in [1.165, 1.54) is 12.3 Å². The van der Waals surface area contributed by atoms with E-state index < -0.39 is 34.8 Å². The number of nitrogens with zero attached hydrogens (tertiary/aromatic N) is 2. The number of hydrogen-bond acceptors (Lipinski definition) is 4. The molecular formula is C25H17ClF5N3S. The molecule has 0 spiro atoms. The number of nitrogens with one attached hydrogen (secondary N) is 1. The number of fused-ring (bicyclic) bond motifs is 1. The largest absolute Gasteiger partial charge is 0.375 e. The van der Waals surface area contributed by atoms with E-state index >= 15 is 0 Å². The van der Waals surface area contributed by atoms with Crippen LogP contribution in [0.25, 0.3) is 22.0 Å². The smallest absolute Gasteiger partial charge is 0.199 e. The molecule has 1 aromatic heterocycles. The normalized spacial score (nSPS) is 13.9. The zero-order valence-corrected chi connectivity index (χ0v) is 19.8. The number of hydrogen-bond donors (Lipinski definition) is 1. The topological polar surface area (TPSA) is 28.2 Å². The van der Waals surface area contributed by atoms with Crippen molar-refractivity contribution in [1.82, 2.24) is 4.98 Å². The minimum Gasteiger partial charge on any atom is -0.375 e. The fourth-order valence-corrected chi connectivity index (χ4v) is 5.10. The van der Waals surface area contributed by atoms with Gasteiger partial charge in [-0.3, -0.25) is 4.98 Å². The van der Waals surface area contributed by atoms with Crippen molar-refractivity contribution in [2.24, 2.45) is 0 Å². The summed E-state index contributed by atoms with van der Waals surface area (Å²) in [5.41, 5.74) is 1.91. The number of aromatic nitrogens is 1. The predicted molar refractivity (Wildman–Crippen MR) is 130 cm³/mol. The summed E-state index contributed by atoms with van der Waals surface area (Å²) in [7, 11) is 0. The molecule has 3 nitrogen and oxygen atoms in total. The SMILES string of the molecule is CSc1c(F)c(F)c(F)c(F)c1NC1CN(c2ccnc3cc(-c4ccccc4F)c(Cl)cc23)C1. The van der Waals surface area contributed by atoms with Gasteiger partial charge in [0.25, 0.3) is 0 Å². The van der Waals surface area contributed by atoms with E-state index in [1.54, 1.807) is 42.6 Å². The summed E-state index contributed by atoms with van der Waals surface area (Å²) in [5.74, 6) is -6.95. The lowest BCUT2D eigenvalue weighted by Gasteiger charge is -2.42. The van der Waals surface area contributed by atoms with Gasteiger partial charge < -0.3 is 10.2 Å². The van der Waals surface area contributed by atoms with E-state index in [-0.39, 0.29) is 10.9 Å². The molecule has 0 amide bonds. The van der Waals surface area contributed by atoms with E-state index in [1.807, 2.05) is 4.90 Å². The van der Waals surface area contributed by atoms with Gasteiger partial charge in [0.05, 0.1) is 22.1 Å². The Morgan fingerprint density at radius 3 is 2.37 bits per heavy atom. The maximum Gasteiger partial charge on any atom is 0.199 e. The molecule has 10 heteroatoms. The third-order valence-electron chi connectivity index (χ3n) is 5.97. The second-order valence-corrected chi connectivity index (χ2v) is 9.29. The molecule has 3 aromatic carbocycles. The second kappa shape index (κ2) is 9.20. The van der Waals surface area contributed by atoms with Crippen LogP contribution in [0, 0.1) is 29.1 Å². The summed E-state index contributed by atoms with van der Waals surface area (Å²) in [5, 5.41) is 3.90. The average molecular weight is 522 g/mol. The van der Waals surface area contributed by atoms with E-state index in [0.29, 0.717) is 34.8 Å². The number of anilines is 2. The van der Waals surface area contributed by atoms with Gasteiger partial charge in [-0.25, -0.2) is 22.0 Å². The molecule has 2 heterocycles. The third-order valence-corrected chi connectivity index (χ3v) is 7.07. The van der Waals surface area contributed by atoms with Crippen LogP contribution in [-0.2, 0) is 0 Å². The molecule has 1 N–H and O–H groups in total. The standard InChI is InChI=1S/C25H17ClF5N3S/c1-35-25-23(31)21(29)20(28)22(30)24(25)33-12-10-34(11-12)19-6-7-32-18-9-14(16(26)8-15(18)19)13-4-2-3-5-17(13)27/h2-9,12,33H,10-11H2,1H3. The van der Waals surface area contributed by atoms with Crippen molar-refractivity contribution in [3.8, 4) is 11.1 Å². The Labute approximate surface area is 206 Å². The van der Waals surface area contributed by atoms with Crippen molar-refractivity contribution in [1.29, 1.82) is 0 Å². The van der Waals surface area contributed by atoms with Gasteiger partial charge in [0.15, 0.2) is 23.3 Å². The number of rotatable bonds is 5. The molecule has 1 saturated heterocycles. The van der Waals surface area contributed by atoms with Gasteiger partial charge in [-0.2, -0.15) is 0 Å². The van der Waals surface area contributed by atoms with Gasteiger partial charge in [-0.15, -0.1) is 11.8 Å². The molecule has 1 aliphatic heterocycles. The minimum atomic E-state index is -1.85. The molecule has 0 aliphatic carbocycles. The fourth-order valence-electron chi connectivity index (χ4n) is 4.22. The van der Waals surface area contributed by atoms with Gasteiger partial charge in [0.1, 0.15) is 5.82 Å². The first kappa shape index (κ1) is 23.7. The van der Waals surface area contributed by atoms with Crippen LogP contribution in [-0.4, -0.2) is 30.4 Å². The highest BCUT2D eigenvalue weighted by molar-refractivity contribution is 7.98. The van der Waals surface area contributed by atoms with Crippen molar-refractivity contribution in [2.75, 3.05) is 29.6 Å². The lowest BCUT2D eigenvalue weighted by Crippen LogP contribution is -2.55. The Kier molecular flexibility index (Phi) is 6.23. The highest BCUT2D eigenvalue weighted by Crippen LogP contribution is 2.39. The van der Waals surface area contributed by atoms with Crippen molar-refractivity contribution < 1.29 is 22.0 Å². The van der Waals surface area contributed by atoms with Crippen molar-refractivity contribution >= 4 is 45.6 Å². The molecular weight excluding hydrogens is 505 g/mol. The number of thioether (sulfide) groups is 1. The molecule has 1 aliphatic rings. The number of benzene rings is 3. The summed E-state index contributed by atoms with van der Waals surface area (Å²) in [4.78, 5) is 6.04. The Balaban J connectivity index is 1.42. The molecule has 0 radical (unpaired) electrons. The van der Waals surface area contributed by atoms with Gasteiger partial charge in [-0.1, -0.05) is 29.8 Å². The van der Waals surface area contributed by atoms with Gasteiger partial charge in [0.2, 0.25) is 0 Å². The third kappa shape index (κ3) is 4.06. The molecule has 180 valence electrons. The first-order valence-electron chi connectivity index (χ1n) is 10.5. The predicted octanol–water partition coefficient (Wildman–Crippen LogP) is 7.27. The first-order chi connectivity index (χ1) is 16.8. The molecule has 0 bridgehead atoms. The zero-order valence-electron chi connectivity index (χ0n) is 18.2. The Morgan fingerprint density at radius 2 is 1.66 bits per heavy atom. The molecule has 1 fully saturated rings. The molecule has 0 atom stereocenters. The van der Waals surface area contributed by atoms with Gasteiger partial charge in [-0.05, 0) is 30.5 Å². The molecule has 5 rings (SSSR count). The summed E-state index contributed by atoms with van der Waals surface area (Å²) in [6, 6.07) is 11.2. The molecule has 4 aromatic rings. The quantitative estimate of drug-likeness (QED) is 0.129. The highest BCUT2D eigenvalue weighted by atomic mass is 35.5. The number of pyridine rings is 1. The van der Waals surface area contributed by atoms with Crippen molar-refractivity contribution in [3.05, 3.63) is 82.8 Å². The maximum atomic E-state index is 14.4. The van der Waals surface area contributed by atoms with E-state index in [4.69, 9.17) is 11.6 Å². The van der Waals surface area contributed by atoms with Crippen LogP contribution in [0.1, 0.15) is 0 Å². The minimum absolute atomic E-state index is 0.318. The van der Waals surface area contributed by atoms with Gasteiger partial charge in [0, 0.05) is 46.5 Å². The fraction of sp³-hybridized carbons (Fsp3) is 0.160. The van der Waals surface area contributed by atoms with Gasteiger partial charge >= 0.3 is 0 Å². The summed E-state index contributed by atoms with van der Waals surface area (Å²) < 4.78 is 70.2. The van der Waals surface area contributed by atoms with E-state index in [0.717, 1.165) is 22.8 Å². The Hall–Kier alpha value is -3.04. The lowest BCUT2D eigenvalue weighted by atomic mass is 10.0. The van der Waals surface area contributed by atoms with Crippen LogP contribution < -0.4 is 10.2 Å². The maximum absolute atomic E-state index is 14.4. The molecule has 0 saturated carbocycles. The number of halogens is 6. The molecule has 35 heavy (non-hydrogen) atoms. The second-order valence-electron chi connectivity index (χ2n) is 8.07. The van der Waals surface area contributed by atoms with Crippen molar-refractivity contribution in [2.45, 2.75) is 10.9 Å². The Bertz CT molecular complexity index is 1460. The average Bonchev–Trinajstić information content (AvgIpc) is 2.83.